The Bertz CT molecular complexity index is 1270. The number of aromatic amines is 1. The zero-order valence-electron chi connectivity index (χ0n) is 18.0. The zero-order valence-corrected chi connectivity index (χ0v) is 17.0. The van der Waals surface area contributed by atoms with Gasteiger partial charge in [-0.2, -0.15) is 10.5 Å². The summed E-state index contributed by atoms with van der Waals surface area (Å²) in [5.74, 6) is -0.943. The van der Waals surface area contributed by atoms with Crippen molar-refractivity contribution in [3.63, 3.8) is 0 Å². The standard InChI is InChI=1S/C10H8N4O2.C10H11N3O.CH3F/c11-4-6-1-2-8-7(3-6)13-10(16)14(8)5-9(12)15;11-6-7-1-2-8(9(12)5-7)3-4-10(13)14;1-2/h1-3H,5H2,(H2,12,15)(H,13,16);1-2,5H,3-4,12H2,(H2,13,14);1H3/i;;1D. The van der Waals surface area contributed by atoms with Crippen LogP contribution in [0.5, 0.6) is 0 Å². The van der Waals surface area contributed by atoms with Crippen molar-refractivity contribution in [3.8, 4) is 12.1 Å². The lowest BCUT2D eigenvalue weighted by Crippen LogP contribution is -2.26. The van der Waals surface area contributed by atoms with Gasteiger partial charge in [0.1, 0.15) is 6.54 Å². The van der Waals surface area contributed by atoms with Gasteiger partial charge >= 0.3 is 5.69 Å². The third-order valence-corrected chi connectivity index (χ3v) is 4.13. The molecule has 2 amide bonds. The van der Waals surface area contributed by atoms with E-state index in [2.05, 4.69) is 4.98 Å². The molecule has 0 aliphatic rings. The molecular weight excluding hydrogens is 417 g/mol. The van der Waals surface area contributed by atoms with Crippen LogP contribution in [0.2, 0.25) is 0 Å². The van der Waals surface area contributed by atoms with Crippen LogP contribution in [0.1, 0.15) is 24.5 Å². The average molecular weight is 440 g/mol. The number of rotatable bonds is 5. The summed E-state index contributed by atoms with van der Waals surface area (Å²) in [6, 6.07) is 13.7. The second kappa shape index (κ2) is 12.1. The number of carbonyl (C=O) groups is 2. The van der Waals surface area contributed by atoms with Crippen LogP contribution in [-0.2, 0) is 22.6 Å². The van der Waals surface area contributed by atoms with Gasteiger partial charge in [-0.3, -0.25) is 18.5 Å². The second-order valence-electron chi connectivity index (χ2n) is 6.32. The first-order valence-electron chi connectivity index (χ1n) is 9.70. The third-order valence-electron chi connectivity index (χ3n) is 4.13. The van der Waals surface area contributed by atoms with Crippen molar-refractivity contribution < 1.29 is 15.4 Å². The highest BCUT2D eigenvalue weighted by molar-refractivity contribution is 5.80. The minimum absolute atomic E-state index is 0.176. The monoisotopic (exact) mass is 440 g/mol. The van der Waals surface area contributed by atoms with E-state index in [9.17, 15) is 18.8 Å². The Balaban J connectivity index is 0.000000298. The maximum absolute atomic E-state index is 11.5. The van der Waals surface area contributed by atoms with Gasteiger partial charge in [-0.1, -0.05) is 6.07 Å². The van der Waals surface area contributed by atoms with Crippen molar-refractivity contribution in [1.82, 2.24) is 9.55 Å². The number of nitrogens with zero attached hydrogens (tertiary/aromatic N) is 3. The molecule has 0 aliphatic carbocycles. The molecule has 0 radical (unpaired) electrons. The van der Waals surface area contributed by atoms with E-state index in [-0.39, 0.29) is 18.9 Å². The van der Waals surface area contributed by atoms with Crippen LogP contribution in [0.25, 0.3) is 11.0 Å². The van der Waals surface area contributed by atoms with Crippen LogP contribution in [0.15, 0.2) is 41.2 Å². The molecule has 2 aromatic carbocycles. The number of H-pyrrole nitrogens is 1. The number of aryl methyl sites for hydroxylation is 1. The molecule has 10 nitrogen and oxygen atoms in total. The quantitative estimate of drug-likeness (QED) is 0.423. The number of imidazole rings is 1. The number of benzene rings is 2. The molecule has 0 fully saturated rings. The first-order valence-corrected chi connectivity index (χ1v) is 8.99. The lowest BCUT2D eigenvalue weighted by Gasteiger charge is -2.03. The van der Waals surface area contributed by atoms with Gasteiger partial charge < -0.3 is 22.2 Å². The lowest BCUT2D eigenvalue weighted by atomic mass is 10.1. The number of nitrogens with one attached hydrogen (secondary N) is 1. The number of nitrogens with two attached hydrogens (primary N) is 3. The number of fused-ring (bicyclic) bond motifs is 1. The largest absolute Gasteiger partial charge is 0.398 e. The Morgan fingerprint density at radius 2 is 1.72 bits per heavy atom. The molecule has 0 atom stereocenters. The molecule has 1 heterocycles. The molecule has 0 aliphatic heterocycles. The summed E-state index contributed by atoms with van der Waals surface area (Å²) in [6.07, 6.45) is 0.795. The Hall–Kier alpha value is -4.64. The number of anilines is 1. The lowest BCUT2D eigenvalue weighted by molar-refractivity contribution is -0.119. The van der Waals surface area contributed by atoms with Crippen molar-refractivity contribution in [3.05, 3.63) is 63.6 Å². The van der Waals surface area contributed by atoms with E-state index in [1.165, 1.54) is 4.57 Å². The number of nitriles is 2. The summed E-state index contributed by atoms with van der Waals surface area (Å²) >= 11 is 0. The Morgan fingerprint density at radius 1 is 1.12 bits per heavy atom. The van der Waals surface area contributed by atoms with E-state index in [4.69, 9.17) is 29.1 Å². The predicted octanol–water partition coefficient (Wildman–Crippen LogP) is 0.831. The number of alkyl halides is 1. The highest BCUT2D eigenvalue weighted by Gasteiger charge is 2.09. The van der Waals surface area contributed by atoms with Crippen molar-refractivity contribution in [2.75, 3.05) is 12.9 Å². The van der Waals surface area contributed by atoms with Crippen LogP contribution in [0, 0.1) is 22.7 Å². The average Bonchev–Trinajstić information content (AvgIpc) is 3.07. The highest BCUT2D eigenvalue weighted by atomic mass is 19.1. The van der Waals surface area contributed by atoms with E-state index in [1.54, 1.807) is 36.4 Å². The van der Waals surface area contributed by atoms with Crippen LogP contribution in [0.3, 0.4) is 0 Å². The molecule has 0 saturated carbocycles. The van der Waals surface area contributed by atoms with Crippen molar-refractivity contribution in [2.45, 2.75) is 19.4 Å². The number of primary amides is 2. The summed E-state index contributed by atoms with van der Waals surface area (Å²) in [7, 11) is -1.00. The van der Waals surface area contributed by atoms with Gasteiger partial charge in [-0.05, 0) is 42.3 Å². The van der Waals surface area contributed by atoms with Crippen LogP contribution < -0.4 is 22.9 Å². The summed E-state index contributed by atoms with van der Waals surface area (Å²) < 4.78 is 16.7. The maximum Gasteiger partial charge on any atom is 0.326 e. The third kappa shape index (κ3) is 7.00. The number of carbonyl (C=O) groups excluding carboxylic acids is 2. The molecule has 7 N–H and O–H groups in total. The van der Waals surface area contributed by atoms with Crippen molar-refractivity contribution >= 4 is 28.5 Å². The van der Waals surface area contributed by atoms with Crippen molar-refractivity contribution in [1.29, 1.82) is 10.5 Å². The Kier molecular flexibility index (Phi) is 8.97. The summed E-state index contributed by atoms with van der Waals surface area (Å²) in [5.41, 5.74) is 18.7. The van der Waals surface area contributed by atoms with Gasteiger partial charge in [0, 0.05) is 12.1 Å². The first kappa shape index (κ1) is 23.6. The summed E-state index contributed by atoms with van der Waals surface area (Å²) in [6.45, 7) is -0.176. The smallest absolute Gasteiger partial charge is 0.326 e. The predicted molar refractivity (Wildman–Crippen MR) is 117 cm³/mol. The fraction of sp³-hybridized carbons (Fsp3) is 0.190. The second-order valence-corrected chi connectivity index (χ2v) is 6.32. The number of amides is 2. The van der Waals surface area contributed by atoms with Gasteiger partial charge in [-0.15, -0.1) is 0 Å². The molecule has 0 bridgehead atoms. The number of nitrogen functional groups attached to an aromatic ring is 1. The van der Waals surface area contributed by atoms with Gasteiger partial charge in [0.15, 0.2) is 0 Å². The van der Waals surface area contributed by atoms with Gasteiger partial charge in [0.25, 0.3) is 0 Å². The van der Waals surface area contributed by atoms with E-state index < -0.39 is 18.8 Å². The molecule has 1 aromatic heterocycles. The minimum Gasteiger partial charge on any atom is -0.398 e. The Labute approximate surface area is 184 Å². The van der Waals surface area contributed by atoms with Crippen LogP contribution >= 0.6 is 0 Å². The molecule has 3 aromatic rings. The van der Waals surface area contributed by atoms with Crippen molar-refractivity contribution in [2.24, 2.45) is 11.5 Å². The maximum atomic E-state index is 11.5. The normalized spacial score (nSPS) is 9.78. The van der Waals surface area contributed by atoms with E-state index in [1.807, 2.05) is 12.1 Å². The van der Waals surface area contributed by atoms with Gasteiger partial charge in [-0.25, -0.2) is 4.79 Å². The summed E-state index contributed by atoms with van der Waals surface area (Å²) in [4.78, 5) is 35.4. The molecule has 3 rings (SSSR count). The molecule has 32 heavy (non-hydrogen) atoms. The van der Waals surface area contributed by atoms with Gasteiger partial charge in [0.2, 0.25) is 11.8 Å². The fourth-order valence-electron chi connectivity index (χ4n) is 2.70. The SMILES string of the molecule is N#Cc1ccc(CCC(N)=O)c(N)c1.N#Cc1ccc2c(c1)[nH]c(=O)n2CC(N)=O.[2H]CF. The molecule has 0 saturated heterocycles. The molecule has 11 heteroatoms. The topological polar surface area (TPSA) is 198 Å². The number of halogens is 1. The molecule has 0 spiro atoms. The molecule has 0 unspecified atom stereocenters. The van der Waals surface area contributed by atoms with E-state index >= 15 is 0 Å². The number of hydrogen-bond acceptors (Lipinski definition) is 6. The first-order chi connectivity index (χ1) is 15.7. The number of hydrogen-bond donors (Lipinski definition) is 4. The Morgan fingerprint density at radius 3 is 2.25 bits per heavy atom. The number of aromatic nitrogens is 2. The van der Waals surface area contributed by atoms with Crippen LogP contribution in [-0.4, -0.2) is 28.5 Å². The highest BCUT2D eigenvalue weighted by Crippen LogP contribution is 2.15. The molecular formula is C21H22FN7O3. The van der Waals surface area contributed by atoms with E-state index in [0.717, 1.165) is 5.56 Å². The fourth-order valence-corrected chi connectivity index (χ4v) is 2.70. The minimum atomic E-state index is -1.00. The van der Waals surface area contributed by atoms with Crippen LogP contribution in [0.4, 0.5) is 10.1 Å². The zero-order chi connectivity index (χ0) is 25.0. The van der Waals surface area contributed by atoms with Gasteiger partial charge in [0.05, 0.1) is 42.8 Å². The van der Waals surface area contributed by atoms with E-state index in [0.29, 0.717) is 34.3 Å². The molecule has 166 valence electrons. The summed E-state index contributed by atoms with van der Waals surface area (Å²) in [5, 5.41) is 17.3.